The highest BCUT2D eigenvalue weighted by Gasteiger charge is 2.15. The van der Waals surface area contributed by atoms with Crippen LogP contribution in [0.5, 0.6) is 0 Å². The summed E-state index contributed by atoms with van der Waals surface area (Å²) in [5.41, 5.74) is 2.86. The highest BCUT2D eigenvalue weighted by atomic mass is 15.2. The molecule has 1 aromatic carbocycles. The van der Waals surface area contributed by atoms with Crippen LogP contribution in [0.1, 0.15) is 25.8 Å². The summed E-state index contributed by atoms with van der Waals surface area (Å²) in [6.07, 6.45) is 1.26. The van der Waals surface area contributed by atoms with Crippen LogP contribution in [0, 0.1) is 5.92 Å². The lowest BCUT2D eigenvalue weighted by Crippen LogP contribution is -2.32. The van der Waals surface area contributed by atoms with Crippen LogP contribution in [0.4, 0.5) is 5.69 Å². The van der Waals surface area contributed by atoms with Gasteiger partial charge in [-0.15, -0.1) is 0 Å². The largest absolute Gasteiger partial charge is 0.370 e. The SMILES string of the molecule is CCC(C)CN1CCNCc2ccccc21. The van der Waals surface area contributed by atoms with Crippen LogP contribution >= 0.6 is 0 Å². The lowest BCUT2D eigenvalue weighted by molar-refractivity contribution is 0.541. The Morgan fingerprint density at radius 3 is 3.00 bits per heavy atom. The molecule has 2 nitrogen and oxygen atoms in total. The van der Waals surface area contributed by atoms with Crippen molar-refractivity contribution in [3.05, 3.63) is 29.8 Å². The first-order chi connectivity index (χ1) is 7.81. The van der Waals surface area contributed by atoms with E-state index in [1.165, 1.54) is 24.2 Å². The molecule has 1 atom stereocenters. The van der Waals surface area contributed by atoms with Crippen molar-refractivity contribution in [3.63, 3.8) is 0 Å². The molecule has 16 heavy (non-hydrogen) atoms. The second-order valence-electron chi connectivity index (χ2n) is 4.76. The molecule has 0 aliphatic carbocycles. The van der Waals surface area contributed by atoms with Gasteiger partial charge in [-0.25, -0.2) is 0 Å². The molecule has 1 heterocycles. The van der Waals surface area contributed by atoms with Gasteiger partial charge in [0.2, 0.25) is 0 Å². The fourth-order valence-corrected chi connectivity index (χ4v) is 2.22. The van der Waals surface area contributed by atoms with E-state index >= 15 is 0 Å². The Hall–Kier alpha value is -1.02. The molecule has 0 saturated carbocycles. The van der Waals surface area contributed by atoms with Gasteiger partial charge >= 0.3 is 0 Å². The van der Waals surface area contributed by atoms with Crippen molar-refractivity contribution in [1.29, 1.82) is 0 Å². The lowest BCUT2D eigenvalue weighted by atomic mass is 10.1. The van der Waals surface area contributed by atoms with Crippen molar-refractivity contribution in [2.45, 2.75) is 26.8 Å². The fraction of sp³-hybridized carbons (Fsp3) is 0.571. The van der Waals surface area contributed by atoms with Gasteiger partial charge in [-0.3, -0.25) is 0 Å². The lowest BCUT2D eigenvalue weighted by Gasteiger charge is -2.27. The third kappa shape index (κ3) is 2.56. The molecule has 2 heteroatoms. The van der Waals surface area contributed by atoms with Crippen LogP contribution in [0.3, 0.4) is 0 Å². The van der Waals surface area contributed by atoms with Gasteiger partial charge in [0.25, 0.3) is 0 Å². The zero-order valence-electron chi connectivity index (χ0n) is 10.4. The summed E-state index contributed by atoms with van der Waals surface area (Å²) < 4.78 is 0. The van der Waals surface area contributed by atoms with Crippen molar-refractivity contribution in [2.75, 3.05) is 24.5 Å². The number of nitrogens with one attached hydrogen (secondary N) is 1. The molecule has 0 saturated heterocycles. The van der Waals surface area contributed by atoms with Gasteiger partial charge in [-0.1, -0.05) is 38.5 Å². The zero-order valence-corrected chi connectivity index (χ0v) is 10.4. The van der Waals surface area contributed by atoms with Crippen LogP contribution in [-0.2, 0) is 6.54 Å². The zero-order chi connectivity index (χ0) is 11.4. The third-order valence-electron chi connectivity index (χ3n) is 3.44. The number of hydrogen-bond donors (Lipinski definition) is 1. The number of fused-ring (bicyclic) bond motifs is 1. The van der Waals surface area contributed by atoms with Gasteiger partial charge in [0.05, 0.1) is 0 Å². The molecule has 1 aliphatic rings. The van der Waals surface area contributed by atoms with E-state index in [4.69, 9.17) is 0 Å². The summed E-state index contributed by atoms with van der Waals surface area (Å²) in [6, 6.07) is 8.77. The molecule has 1 N–H and O–H groups in total. The van der Waals surface area contributed by atoms with Gasteiger partial charge in [-0.2, -0.15) is 0 Å². The van der Waals surface area contributed by atoms with E-state index < -0.39 is 0 Å². The highest BCUT2D eigenvalue weighted by molar-refractivity contribution is 5.54. The predicted octanol–water partition coefficient (Wildman–Crippen LogP) is 2.64. The molecule has 2 rings (SSSR count). The maximum atomic E-state index is 3.48. The third-order valence-corrected chi connectivity index (χ3v) is 3.44. The second-order valence-corrected chi connectivity index (χ2v) is 4.76. The smallest absolute Gasteiger partial charge is 0.0412 e. The average Bonchev–Trinajstić information content (AvgIpc) is 2.52. The van der Waals surface area contributed by atoms with Crippen molar-refractivity contribution >= 4 is 5.69 Å². The number of rotatable bonds is 3. The summed E-state index contributed by atoms with van der Waals surface area (Å²) >= 11 is 0. The monoisotopic (exact) mass is 218 g/mol. The summed E-state index contributed by atoms with van der Waals surface area (Å²) in [4.78, 5) is 2.53. The van der Waals surface area contributed by atoms with Gasteiger partial charge in [0.15, 0.2) is 0 Å². The molecule has 0 spiro atoms. The second kappa shape index (κ2) is 5.35. The van der Waals surface area contributed by atoms with Crippen molar-refractivity contribution in [3.8, 4) is 0 Å². The Balaban J connectivity index is 2.19. The first-order valence-corrected chi connectivity index (χ1v) is 6.35. The summed E-state index contributed by atoms with van der Waals surface area (Å²) in [7, 11) is 0. The predicted molar refractivity (Wildman–Crippen MR) is 69.8 cm³/mol. The van der Waals surface area contributed by atoms with Crippen LogP contribution in [-0.4, -0.2) is 19.6 Å². The number of para-hydroxylation sites is 1. The average molecular weight is 218 g/mol. The number of anilines is 1. The molecule has 0 fully saturated rings. The highest BCUT2D eigenvalue weighted by Crippen LogP contribution is 2.23. The van der Waals surface area contributed by atoms with Crippen molar-refractivity contribution < 1.29 is 0 Å². The molecule has 1 unspecified atom stereocenters. The van der Waals surface area contributed by atoms with Crippen LogP contribution < -0.4 is 10.2 Å². The maximum absolute atomic E-state index is 3.48. The Labute approximate surface area is 98.7 Å². The summed E-state index contributed by atoms with van der Waals surface area (Å²) in [6.45, 7) is 9.00. The number of hydrogen-bond acceptors (Lipinski definition) is 2. The topological polar surface area (TPSA) is 15.3 Å². The maximum Gasteiger partial charge on any atom is 0.0412 e. The fourth-order valence-electron chi connectivity index (χ4n) is 2.22. The number of benzene rings is 1. The Morgan fingerprint density at radius 2 is 2.19 bits per heavy atom. The van der Waals surface area contributed by atoms with E-state index in [0.717, 1.165) is 25.6 Å². The van der Waals surface area contributed by atoms with Crippen LogP contribution in [0.15, 0.2) is 24.3 Å². The molecule has 88 valence electrons. The van der Waals surface area contributed by atoms with E-state index in [9.17, 15) is 0 Å². The van der Waals surface area contributed by atoms with E-state index in [-0.39, 0.29) is 0 Å². The molecule has 0 amide bonds. The molecule has 0 radical (unpaired) electrons. The first kappa shape index (κ1) is 11.5. The summed E-state index contributed by atoms with van der Waals surface area (Å²) in [5, 5.41) is 3.48. The first-order valence-electron chi connectivity index (χ1n) is 6.35. The summed E-state index contributed by atoms with van der Waals surface area (Å²) in [5.74, 6) is 0.770. The Bertz CT molecular complexity index is 335. The molecule has 1 aromatic rings. The van der Waals surface area contributed by atoms with Gasteiger partial charge < -0.3 is 10.2 Å². The Morgan fingerprint density at radius 1 is 1.38 bits per heavy atom. The van der Waals surface area contributed by atoms with E-state index in [0.29, 0.717) is 0 Å². The normalized spacial score (nSPS) is 17.8. The van der Waals surface area contributed by atoms with E-state index in [2.05, 4.69) is 48.3 Å². The molecule has 0 bridgehead atoms. The van der Waals surface area contributed by atoms with E-state index in [1.54, 1.807) is 0 Å². The quantitative estimate of drug-likeness (QED) is 0.839. The standard InChI is InChI=1S/C14H22N2/c1-3-12(2)11-16-9-8-15-10-13-6-4-5-7-14(13)16/h4-7,12,15H,3,8-11H2,1-2H3. The van der Waals surface area contributed by atoms with Crippen molar-refractivity contribution in [2.24, 2.45) is 5.92 Å². The van der Waals surface area contributed by atoms with Gasteiger partial charge in [0, 0.05) is 31.9 Å². The van der Waals surface area contributed by atoms with Gasteiger partial charge in [0.1, 0.15) is 0 Å². The van der Waals surface area contributed by atoms with E-state index in [1.807, 2.05) is 0 Å². The number of nitrogens with zero attached hydrogens (tertiary/aromatic N) is 1. The van der Waals surface area contributed by atoms with Crippen molar-refractivity contribution in [1.82, 2.24) is 5.32 Å². The van der Waals surface area contributed by atoms with Gasteiger partial charge in [-0.05, 0) is 17.5 Å². The molecule has 1 aliphatic heterocycles. The Kier molecular flexibility index (Phi) is 3.83. The minimum Gasteiger partial charge on any atom is -0.370 e. The minimum absolute atomic E-state index is 0.770. The molecular formula is C14H22N2. The molecule has 0 aromatic heterocycles. The minimum atomic E-state index is 0.770. The van der Waals surface area contributed by atoms with Crippen LogP contribution in [0.2, 0.25) is 0 Å². The molecular weight excluding hydrogens is 196 g/mol. The van der Waals surface area contributed by atoms with Crippen LogP contribution in [0.25, 0.3) is 0 Å².